The maximum Gasteiger partial charge on any atom is 0.243 e. The third-order valence-corrected chi connectivity index (χ3v) is 6.00. The van der Waals surface area contributed by atoms with Crippen LogP contribution in [0, 0.1) is 20.8 Å². The number of anilines is 1. The van der Waals surface area contributed by atoms with Gasteiger partial charge in [-0.2, -0.15) is 4.31 Å². The normalized spacial score (nSPS) is 11.5. The summed E-state index contributed by atoms with van der Waals surface area (Å²) in [5, 5.41) is 2.61. The van der Waals surface area contributed by atoms with Crippen molar-refractivity contribution in [1.82, 2.24) is 9.29 Å². The lowest BCUT2D eigenvalue weighted by Gasteiger charge is -2.20. The molecule has 26 heavy (non-hydrogen) atoms. The van der Waals surface area contributed by atoms with Crippen LogP contribution in [0.25, 0.3) is 0 Å². The van der Waals surface area contributed by atoms with E-state index in [0.29, 0.717) is 22.7 Å². The van der Waals surface area contributed by atoms with Crippen LogP contribution in [0.3, 0.4) is 0 Å². The van der Waals surface area contributed by atoms with Crippen molar-refractivity contribution in [3.8, 4) is 5.75 Å². The fourth-order valence-electron chi connectivity index (χ4n) is 2.67. The van der Waals surface area contributed by atoms with Gasteiger partial charge in [-0.15, -0.1) is 0 Å². The second kappa shape index (κ2) is 7.84. The summed E-state index contributed by atoms with van der Waals surface area (Å²) in [6.07, 6.45) is 1.58. The van der Waals surface area contributed by atoms with Gasteiger partial charge in [-0.3, -0.25) is 4.79 Å². The van der Waals surface area contributed by atoms with Crippen LogP contribution in [0.1, 0.15) is 16.7 Å². The van der Waals surface area contributed by atoms with Gasteiger partial charge < -0.3 is 10.1 Å². The topological polar surface area (TPSA) is 88.6 Å². The van der Waals surface area contributed by atoms with E-state index in [1.807, 2.05) is 13.0 Å². The van der Waals surface area contributed by atoms with Crippen molar-refractivity contribution >= 4 is 21.7 Å². The first-order valence-electron chi connectivity index (χ1n) is 7.99. The molecule has 140 valence electrons. The molecule has 0 bridgehead atoms. The van der Waals surface area contributed by atoms with Crippen molar-refractivity contribution in [1.29, 1.82) is 0 Å². The number of benzene rings is 1. The molecule has 1 aromatic heterocycles. The lowest BCUT2D eigenvalue weighted by molar-refractivity contribution is -0.116. The van der Waals surface area contributed by atoms with Gasteiger partial charge in [0.2, 0.25) is 15.9 Å². The zero-order valence-corrected chi connectivity index (χ0v) is 16.3. The number of ether oxygens (including phenoxy) is 1. The number of methoxy groups -OCH3 is 1. The Labute approximate surface area is 154 Å². The second-order valence-corrected chi connectivity index (χ2v) is 8.10. The highest BCUT2D eigenvalue weighted by atomic mass is 32.2. The molecule has 8 heteroatoms. The second-order valence-electron chi connectivity index (χ2n) is 6.12. The largest absolute Gasteiger partial charge is 0.497 e. The number of nitrogens with one attached hydrogen (secondary N) is 1. The predicted molar refractivity (Wildman–Crippen MR) is 99.9 cm³/mol. The Morgan fingerprint density at radius 2 is 1.81 bits per heavy atom. The van der Waals surface area contributed by atoms with Gasteiger partial charge in [0.15, 0.2) is 0 Å². The SMILES string of the molecule is COc1cc(C)c(S(=O)(=O)N(C)CC(=O)Nc2cc(C)ccn2)c(C)c1. The summed E-state index contributed by atoms with van der Waals surface area (Å²) in [7, 11) is -0.922. The minimum Gasteiger partial charge on any atom is -0.497 e. The zero-order chi connectivity index (χ0) is 19.5. The van der Waals surface area contributed by atoms with Crippen LogP contribution >= 0.6 is 0 Å². The molecule has 0 saturated heterocycles. The standard InChI is InChI=1S/C18H23N3O4S/c1-12-6-7-19-16(8-12)20-17(22)11-21(4)26(23,24)18-13(2)9-15(25-5)10-14(18)3/h6-10H,11H2,1-5H3,(H,19,20,22). The lowest BCUT2D eigenvalue weighted by atomic mass is 10.1. The van der Waals surface area contributed by atoms with Crippen LogP contribution in [0.4, 0.5) is 5.82 Å². The van der Waals surface area contributed by atoms with Gasteiger partial charge in [-0.1, -0.05) is 0 Å². The molecule has 1 amide bonds. The van der Waals surface area contributed by atoms with Crippen LogP contribution < -0.4 is 10.1 Å². The fraction of sp³-hybridized carbons (Fsp3) is 0.333. The minimum absolute atomic E-state index is 0.183. The third-order valence-electron chi connectivity index (χ3n) is 3.89. The Balaban J connectivity index is 2.20. The number of hydrogen-bond donors (Lipinski definition) is 1. The van der Waals surface area contributed by atoms with Gasteiger partial charge in [0.05, 0.1) is 18.6 Å². The van der Waals surface area contributed by atoms with E-state index in [1.165, 1.54) is 14.2 Å². The molecule has 2 rings (SSSR count). The van der Waals surface area contributed by atoms with E-state index in [0.717, 1.165) is 9.87 Å². The summed E-state index contributed by atoms with van der Waals surface area (Å²) in [6.45, 7) is 4.96. The molecule has 0 saturated carbocycles. The molecule has 2 aromatic rings. The fourth-order valence-corrected chi connectivity index (χ4v) is 4.20. The maximum absolute atomic E-state index is 12.9. The van der Waals surface area contributed by atoms with Crippen LogP contribution in [0.2, 0.25) is 0 Å². The maximum atomic E-state index is 12.9. The van der Waals surface area contributed by atoms with E-state index in [2.05, 4.69) is 10.3 Å². The molecule has 1 aromatic carbocycles. The summed E-state index contributed by atoms with van der Waals surface area (Å²) >= 11 is 0. The average molecular weight is 377 g/mol. The van der Waals surface area contributed by atoms with Gasteiger partial charge >= 0.3 is 0 Å². The van der Waals surface area contributed by atoms with E-state index in [-0.39, 0.29) is 11.4 Å². The summed E-state index contributed by atoms with van der Waals surface area (Å²) < 4.78 is 32.0. The molecule has 0 aliphatic carbocycles. The third kappa shape index (κ3) is 4.39. The molecule has 1 N–H and O–H groups in total. The van der Waals surface area contributed by atoms with Crippen LogP contribution in [0.15, 0.2) is 35.4 Å². The van der Waals surface area contributed by atoms with Crippen LogP contribution in [-0.4, -0.2) is 44.3 Å². The predicted octanol–water partition coefficient (Wildman–Crippen LogP) is 2.27. The zero-order valence-electron chi connectivity index (χ0n) is 15.5. The Morgan fingerprint density at radius 3 is 2.35 bits per heavy atom. The monoisotopic (exact) mass is 377 g/mol. The van der Waals surface area contributed by atoms with Gasteiger partial charge in [0.25, 0.3) is 0 Å². The van der Waals surface area contributed by atoms with Crippen molar-refractivity contribution in [2.45, 2.75) is 25.7 Å². The molecule has 0 unspecified atom stereocenters. The molecule has 0 aliphatic rings. The highest BCUT2D eigenvalue weighted by Crippen LogP contribution is 2.27. The smallest absolute Gasteiger partial charge is 0.243 e. The molecule has 1 heterocycles. The summed E-state index contributed by atoms with van der Waals surface area (Å²) in [4.78, 5) is 16.4. The highest BCUT2D eigenvalue weighted by Gasteiger charge is 2.27. The number of likely N-dealkylation sites (N-methyl/N-ethyl adjacent to an activating group) is 1. The number of rotatable bonds is 6. The summed E-state index contributed by atoms with van der Waals surface area (Å²) in [6, 6.07) is 6.83. The molecule has 7 nitrogen and oxygen atoms in total. The number of nitrogens with zero attached hydrogens (tertiary/aromatic N) is 2. The van der Waals surface area contributed by atoms with E-state index in [4.69, 9.17) is 4.74 Å². The van der Waals surface area contributed by atoms with Crippen molar-refractivity contribution in [3.05, 3.63) is 47.2 Å². The number of carbonyl (C=O) groups is 1. The molecule has 0 atom stereocenters. The van der Waals surface area contributed by atoms with Gasteiger partial charge in [0, 0.05) is 13.2 Å². The van der Waals surface area contributed by atoms with Crippen molar-refractivity contribution in [2.24, 2.45) is 0 Å². The van der Waals surface area contributed by atoms with E-state index >= 15 is 0 Å². The first-order chi connectivity index (χ1) is 12.1. The summed E-state index contributed by atoms with van der Waals surface area (Å²) in [5.41, 5.74) is 2.07. The quantitative estimate of drug-likeness (QED) is 0.834. The number of carbonyl (C=O) groups excluding carboxylic acids is 1. The number of aryl methyl sites for hydroxylation is 3. The van der Waals surface area contributed by atoms with Gasteiger partial charge in [-0.05, 0) is 61.7 Å². The van der Waals surface area contributed by atoms with E-state index < -0.39 is 15.9 Å². The van der Waals surface area contributed by atoms with Crippen LogP contribution in [0.5, 0.6) is 5.75 Å². The molecule has 0 spiro atoms. The van der Waals surface area contributed by atoms with Crippen LogP contribution in [-0.2, 0) is 14.8 Å². The van der Waals surface area contributed by atoms with E-state index in [9.17, 15) is 13.2 Å². The molecule has 0 fully saturated rings. The molecule has 0 aliphatic heterocycles. The number of sulfonamides is 1. The lowest BCUT2D eigenvalue weighted by Crippen LogP contribution is -2.35. The first-order valence-corrected chi connectivity index (χ1v) is 9.43. The first kappa shape index (κ1) is 19.9. The Kier molecular flexibility index (Phi) is 5.99. The Morgan fingerprint density at radius 1 is 1.19 bits per heavy atom. The van der Waals surface area contributed by atoms with Crippen molar-refractivity contribution < 1.29 is 17.9 Å². The Bertz CT molecular complexity index is 903. The number of pyridine rings is 1. The number of aromatic nitrogens is 1. The highest BCUT2D eigenvalue weighted by molar-refractivity contribution is 7.89. The minimum atomic E-state index is -3.82. The molecule has 0 radical (unpaired) electrons. The van der Waals surface area contributed by atoms with Crippen molar-refractivity contribution in [2.75, 3.05) is 26.0 Å². The summed E-state index contributed by atoms with van der Waals surface area (Å²) in [5.74, 6) is 0.514. The number of hydrogen-bond acceptors (Lipinski definition) is 5. The average Bonchev–Trinajstić information content (AvgIpc) is 2.53. The number of amides is 1. The van der Waals surface area contributed by atoms with E-state index in [1.54, 1.807) is 38.2 Å². The van der Waals surface area contributed by atoms with Gasteiger partial charge in [0.1, 0.15) is 11.6 Å². The molecular formula is C18H23N3O4S. The Hall–Kier alpha value is -2.45. The van der Waals surface area contributed by atoms with Crippen molar-refractivity contribution in [3.63, 3.8) is 0 Å². The molecular weight excluding hydrogens is 354 g/mol. The van der Waals surface area contributed by atoms with Gasteiger partial charge in [-0.25, -0.2) is 13.4 Å².